The highest BCUT2D eigenvalue weighted by atomic mass is 16.5. The summed E-state index contributed by atoms with van der Waals surface area (Å²) in [7, 11) is 1.37. The Morgan fingerprint density at radius 1 is 1.30 bits per heavy atom. The Morgan fingerprint density at radius 2 is 2.05 bits per heavy atom. The van der Waals surface area contributed by atoms with E-state index < -0.39 is 0 Å². The quantitative estimate of drug-likeness (QED) is 0.840. The second kappa shape index (κ2) is 6.77. The molecule has 1 aromatic carbocycles. The molecule has 0 unspecified atom stereocenters. The molecule has 1 N–H and O–H groups in total. The van der Waals surface area contributed by atoms with E-state index >= 15 is 0 Å². The maximum absolute atomic E-state index is 11.3. The molecule has 2 aromatic rings. The number of benzene rings is 1. The molecular weight excluding hydrogens is 254 g/mol. The number of hydrogen-bond donors (Lipinski definition) is 1. The van der Waals surface area contributed by atoms with Crippen molar-refractivity contribution >= 4 is 5.97 Å². The third kappa shape index (κ3) is 3.61. The van der Waals surface area contributed by atoms with Crippen LogP contribution >= 0.6 is 0 Å². The SMILES string of the molecule is COC(=O)[C@H](C)NCc1ccnc(-c2ccccc2)n1. The molecule has 0 aliphatic rings. The Bertz CT molecular complexity index is 572. The molecule has 0 aliphatic heterocycles. The first kappa shape index (κ1) is 14.1. The zero-order valence-corrected chi connectivity index (χ0v) is 11.5. The smallest absolute Gasteiger partial charge is 0.322 e. The summed E-state index contributed by atoms with van der Waals surface area (Å²) in [5.41, 5.74) is 1.80. The maximum Gasteiger partial charge on any atom is 0.322 e. The lowest BCUT2D eigenvalue weighted by Gasteiger charge is -2.11. The van der Waals surface area contributed by atoms with Crippen LogP contribution in [0.4, 0.5) is 0 Å². The number of esters is 1. The highest BCUT2D eigenvalue weighted by Gasteiger charge is 2.12. The molecule has 2 rings (SSSR count). The van der Waals surface area contributed by atoms with Crippen LogP contribution in [-0.2, 0) is 16.1 Å². The van der Waals surface area contributed by atoms with Gasteiger partial charge in [-0.1, -0.05) is 30.3 Å². The maximum atomic E-state index is 11.3. The highest BCUT2D eigenvalue weighted by molar-refractivity contribution is 5.75. The minimum atomic E-state index is -0.366. The largest absolute Gasteiger partial charge is 0.468 e. The summed E-state index contributed by atoms with van der Waals surface area (Å²) in [5.74, 6) is 0.387. The van der Waals surface area contributed by atoms with E-state index in [4.69, 9.17) is 0 Å². The number of nitrogens with zero attached hydrogens (tertiary/aromatic N) is 2. The van der Waals surface area contributed by atoms with Crippen molar-refractivity contribution in [2.75, 3.05) is 7.11 Å². The van der Waals surface area contributed by atoms with Crippen LogP contribution in [-0.4, -0.2) is 29.1 Å². The molecule has 0 spiro atoms. The summed E-state index contributed by atoms with van der Waals surface area (Å²) in [6.45, 7) is 2.24. The van der Waals surface area contributed by atoms with Crippen LogP contribution in [0.3, 0.4) is 0 Å². The molecule has 0 saturated carbocycles. The molecule has 5 heteroatoms. The van der Waals surface area contributed by atoms with Gasteiger partial charge in [-0.15, -0.1) is 0 Å². The molecule has 0 aliphatic carbocycles. The molecule has 0 radical (unpaired) electrons. The van der Waals surface area contributed by atoms with Gasteiger partial charge >= 0.3 is 5.97 Å². The molecule has 1 atom stereocenters. The van der Waals surface area contributed by atoms with Gasteiger partial charge in [-0.3, -0.25) is 10.1 Å². The molecule has 104 valence electrons. The van der Waals surface area contributed by atoms with Crippen molar-refractivity contribution in [3.63, 3.8) is 0 Å². The van der Waals surface area contributed by atoms with Crippen molar-refractivity contribution in [2.45, 2.75) is 19.5 Å². The van der Waals surface area contributed by atoms with Gasteiger partial charge in [0.05, 0.1) is 12.8 Å². The molecule has 20 heavy (non-hydrogen) atoms. The first-order valence-electron chi connectivity index (χ1n) is 6.39. The third-order valence-electron chi connectivity index (χ3n) is 2.89. The topological polar surface area (TPSA) is 64.1 Å². The predicted octanol–water partition coefficient (Wildman–Crippen LogP) is 1.79. The number of nitrogens with one attached hydrogen (secondary N) is 1. The van der Waals surface area contributed by atoms with E-state index in [2.05, 4.69) is 20.0 Å². The van der Waals surface area contributed by atoms with E-state index in [1.165, 1.54) is 7.11 Å². The van der Waals surface area contributed by atoms with Crippen molar-refractivity contribution in [3.8, 4) is 11.4 Å². The van der Waals surface area contributed by atoms with Gasteiger partial charge in [-0.25, -0.2) is 9.97 Å². The molecule has 0 amide bonds. The Morgan fingerprint density at radius 3 is 2.75 bits per heavy atom. The number of carbonyl (C=O) groups is 1. The van der Waals surface area contributed by atoms with E-state index in [1.54, 1.807) is 13.1 Å². The standard InChI is InChI=1S/C15H17N3O2/c1-11(15(19)20-2)17-10-13-8-9-16-14(18-13)12-6-4-3-5-7-12/h3-9,11,17H,10H2,1-2H3/t11-/m0/s1. The Labute approximate surface area is 118 Å². The molecule has 0 saturated heterocycles. The summed E-state index contributed by atoms with van der Waals surface area (Å²) in [6, 6.07) is 11.2. The van der Waals surface area contributed by atoms with Gasteiger partial charge in [0, 0.05) is 18.3 Å². The Hall–Kier alpha value is -2.27. The number of carbonyl (C=O) groups excluding carboxylic acids is 1. The van der Waals surface area contributed by atoms with Crippen LogP contribution in [0.2, 0.25) is 0 Å². The van der Waals surface area contributed by atoms with E-state index in [1.807, 2.05) is 36.4 Å². The second-order valence-corrected chi connectivity index (χ2v) is 4.36. The number of ether oxygens (including phenoxy) is 1. The lowest BCUT2D eigenvalue weighted by molar-refractivity contribution is -0.142. The predicted molar refractivity (Wildman–Crippen MR) is 75.8 cm³/mol. The second-order valence-electron chi connectivity index (χ2n) is 4.36. The zero-order valence-electron chi connectivity index (χ0n) is 11.5. The zero-order chi connectivity index (χ0) is 14.4. The number of aromatic nitrogens is 2. The minimum absolute atomic E-state index is 0.290. The minimum Gasteiger partial charge on any atom is -0.468 e. The molecule has 5 nitrogen and oxygen atoms in total. The van der Waals surface area contributed by atoms with Gasteiger partial charge in [-0.05, 0) is 13.0 Å². The van der Waals surface area contributed by atoms with Crippen molar-refractivity contribution in [1.82, 2.24) is 15.3 Å². The van der Waals surface area contributed by atoms with Crippen molar-refractivity contribution < 1.29 is 9.53 Å². The van der Waals surface area contributed by atoms with Gasteiger partial charge in [0.1, 0.15) is 6.04 Å². The molecule has 0 bridgehead atoms. The van der Waals surface area contributed by atoms with E-state index in [9.17, 15) is 4.79 Å². The lowest BCUT2D eigenvalue weighted by atomic mass is 10.2. The van der Waals surface area contributed by atoms with Crippen LogP contribution in [0.15, 0.2) is 42.6 Å². The van der Waals surface area contributed by atoms with Gasteiger partial charge in [-0.2, -0.15) is 0 Å². The van der Waals surface area contributed by atoms with Gasteiger partial charge in [0.2, 0.25) is 0 Å². The summed E-state index contributed by atoms with van der Waals surface area (Å²) in [6.07, 6.45) is 1.72. The summed E-state index contributed by atoms with van der Waals surface area (Å²) in [5, 5.41) is 3.06. The molecule has 1 aromatic heterocycles. The van der Waals surface area contributed by atoms with Crippen molar-refractivity contribution in [3.05, 3.63) is 48.3 Å². The highest BCUT2D eigenvalue weighted by Crippen LogP contribution is 2.13. The molecular formula is C15H17N3O2. The number of hydrogen-bond acceptors (Lipinski definition) is 5. The summed E-state index contributed by atoms with van der Waals surface area (Å²) in [4.78, 5) is 20.0. The first-order chi connectivity index (χ1) is 9.70. The third-order valence-corrected chi connectivity index (χ3v) is 2.89. The average Bonchev–Trinajstić information content (AvgIpc) is 2.53. The Kier molecular flexibility index (Phi) is 4.79. The first-order valence-corrected chi connectivity index (χ1v) is 6.39. The van der Waals surface area contributed by atoms with Crippen LogP contribution in [0.1, 0.15) is 12.6 Å². The van der Waals surface area contributed by atoms with Gasteiger partial charge in [0.15, 0.2) is 5.82 Å². The van der Waals surface area contributed by atoms with E-state index in [0.29, 0.717) is 12.4 Å². The van der Waals surface area contributed by atoms with Crippen LogP contribution < -0.4 is 5.32 Å². The van der Waals surface area contributed by atoms with Crippen LogP contribution in [0, 0.1) is 0 Å². The molecule has 0 fully saturated rings. The fourth-order valence-corrected chi connectivity index (χ4v) is 1.74. The number of methoxy groups -OCH3 is 1. The van der Waals surface area contributed by atoms with Gasteiger partial charge in [0.25, 0.3) is 0 Å². The Balaban J connectivity index is 2.05. The summed E-state index contributed by atoms with van der Waals surface area (Å²) < 4.78 is 4.66. The van der Waals surface area contributed by atoms with Gasteiger partial charge < -0.3 is 4.74 Å². The average molecular weight is 271 g/mol. The van der Waals surface area contributed by atoms with Crippen molar-refractivity contribution in [2.24, 2.45) is 0 Å². The molecule has 1 heterocycles. The monoisotopic (exact) mass is 271 g/mol. The normalized spacial score (nSPS) is 11.9. The number of rotatable bonds is 5. The summed E-state index contributed by atoms with van der Waals surface area (Å²) >= 11 is 0. The lowest BCUT2D eigenvalue weighted by Crippen LogP contribution is -2.34. The van der Waals surface area contributed by atoms with Crippen LogP contribution in [0.5, 0.6) is 0 Å². The fourth-order valence-electron chi connectivity index (χ4n) is 1.74. The van der Waals surface area contributed by atoms with E-state index in [-0.39, 0.29) is 12.0 Å². The van der Waals surface area contributed by atoms with Crippen LogP contribution in [0.25, 0.3) is 11.4 Å². The fraction of sp³-hybridized carbons (Fsp3) is 0.267. The van der Waals surface area contributed by atoms with Crippen molar-refractivity contribution in [1.29, 1.82) is 0 Å². The van der Waals surface area contributed by atoms with E-state index in [0.717, 1.165) is 11.3 Å².